The van der Waals surface area contributed by atoms with Gasteiger partial charge in [0.25, 0.3) is 0 Å². The van der Waals surface area contributed by atoms with Crippen molar-refractivity contribution < 1.29 is 14.3 Å². The second-order valence-electron chi connectivity index (χ2n) is 6.22. The predicted molar refractivity (Wildman–Crippen MR) is 98.3 cm³/mol. The Balaban J connectivity index is 1.47. The summed E-state index contributed by atoms with van der Waals surface area (Å²) in [4.78, 5) is 32.4. The summed E-state index contributed by atoms with van der Waals surface area (Å²) in [6, 6.07) is 6.66. The molecular weight excluding hydrogens is 334 g/mol. The number of nitrogens with one attached hydrogen (secondary N) is 1. The van der Waals surface area contributed by atoms with E-state index in [0.717, 1.165) is 32.1 Å². The summed E-state index contributed by atoms with van der Waals surface area (Å²) in [5.74, 6) is 0.495. The van der Waals surface area contributed by atoms with Crippen molar-refractivity contribution in [2.24, 2.45) is 7.05 Å². The predicted octanol–water partition coefficient (Wildman–Crippen LogP) is 0.967. The Labute approximate surface area is 152 Å². The molecule has 1 aromatic carbocycles. The van der Waals surface area contributed by atoms with Crippen LogP contribution in [0.1, 0.15) is 10.4 Å². The lowest BCUT2D eigenvalue weighted by Gasteiger charge is -2.34. The van der Waals surface area contributed by atoms with Crippen LogP contribution in [0.25, 0.3) is 0 Å². The third-order valence-corrected chi connectivity index (χ3v) is 4.41. The van der Waals surface area contributed by atoms with E-state index in [1.165, 1.54) is 7.11 Å². The van der Waals surface area contributed by atoms with Crippen molar-refractivity contribution >= 4 is 23.5 Å². The van der Waals surface area contributed by atoms with Gasteiger partial charge in [-0.2, -0.15) is 0 Å². The highest BCUT2D eigenvalue weighted by Crippen LogP contribution is 2.14. The Bertz CT molecular complexity index is 763. The highest BCUT2D eigenvalue weighted by molar-refractivity contribution is 5.94. The average molecular weight is 357 g/mol. The molecule has 1 aliphatic rings. The number of carbonyl (C=O) groups is 2. The highest BCUT2D eigenvalue weighted by atomic mass is 16.5. The number of hydrogen-bond donors (Lipinski definition) is 1. The number of piperazine rings is 1. The van der Waals surface area contributed by atoms with Gasteiger partial charge in [0.15, 0.2) is 0 Å². The first-order valence-corrected chi connectivity index (χ1v) is 8.49. The maximum absolute atomic E-state index is 12.2. The standard InChI is InChI=1S/C18H23N5O3/c1-21-8-7-19-18(21)23-11-9-22(10-12-23)13-16(24)20-15-5-3-14(4-6-15)17(25)26-2/h3-8H,9-13H2,1-2H3,(H,20,24). The molecule has 1 aliphatic heterocycles. The molecule has 0 saturated carbocycles. The van der Waals surface area contributed by atoms with Crippen LogP contribution in [-0.2, 0) is 16.6 Å². The molecule has 0 spiro atoms. The summed E-state index contributed by atoms with van der Waals surface area (Å²) in [5.41, 5.74) is 1.12. The van der Waals surface area contributed by atoms with Crippen LogP contribution in [0.3, 0.4) is 0 Å². The number of aryl methyl sites for hydroxylation is 1. The smallest absolute Gasteiger partial charge is 0.337 e. The highest BCUT2D eigenvalue weighted by Gasteiger charge is 2.21. The van der Waals surface area contributed by atoms with Crippen LogP contribution in [0.2, 0.25) is 0 Å². The fraction of sp³-hybridized carbons (Fsp3) is 0.389. The van der Waals surface area contributed by atoms with E-state index in [2.05, 4.69) is 24.8 Å². The van der Waals surface area contributed by atoms with Gasteiger partial charge in [0.2, 0.25) is 11.9 Å². The van der Waals surface area contributed by atoms with E-state index in [1.807, 2.05) is 17.8 Å². The number of nitrogens with zero attached hydrogens (tertiary/aromatic N) is 4. The van der Waals surface area contributed by atoms with Gasteiger partial charge < -0.3 is 19.5 Å². The molecule has 2 aromatic rings. The van der Waals surface area contributed by atoms with Gasteiger partial charge >= 0.3 is 5.97 Å². The Hall–Kier alpha value is -2.87. The van der Waals surface area contributed by atoms with E-state index < -0.39 is 5.97 Å². The Morgan fingerprint density at radius 3 is 2.42 bits per heavy atom. The van der Waals surface area contributed by atoms with Crippen LogP contribution in [0, 0.1) is 0 Å². The monoisotopic (exact) mass is 357 g/mol. The Morgan fingerprint density at radius 2 is 1.85 bits per heavy atom. The second kappa shape index (κ2) is 8.01. The number of rotatable bonds is 5. The second-order valence-corrected chi connectivity index (χ2v) is 6.22. The molecule has 1 fully saturated rings. The third-order valence-electron chi connectivity index (χ3n) is 4.41. The van der Waals surface area contributed by atoms with E-state index in [9.17, 15) is 9.59 Å². The maximum Gasteiger partial charge on any atom is 0.337 e. The molecule has 1 aromatic heterocycles. The fourth-order valence-electron chi connectivity index (χ4n) is 2.98. The summed E-state index contributed by atoms with van der Waals surface area (Å²) in [7, 11) is 3.32. The Kier molecular flexibility index (Phi) is 5.52. The number of ether oxygens (including phenoxy) is 1. The molecule has 2 heterocycles. The fourth-order valence-corrected chi connectivity index (χ4v) is 2.98. The molecule has 1 amide bonds. The molecule has 8 heteroatoms. The minimum Gasteiger partial charge on any atom is -0.465 e. The van der Waals surface area contributed by atoms with Crippen molar-refractivity contribution in [1.29, 1.82) is 0 Å². The topological polar surface area (TPSA) is 79.7 Å². The van der Waals surface area contributed by atoms with E-state index >= 15 is 0 Å². The van der Waals surface area contributed by atoms with Gasteiger partial charge in [-0.1, -0.05) is 0 Å². The van der Waals surface area contributed by atoms with Gasteiger partial charge in [-0.25, -0.2) is 9.78 Å². The van der Waals surface area contributed by atoms with Gasteiger partial charge in [-0.05, 0) is 24.3 Å². The van der Waals surface area contributed by atoms with E-state index in [1.54, 1.807) is 30.5 Å². The van der Waals surface area contributed by atoms with Crippen molar-refractivity contribution in [3.05, 3.63) is 42.2 Å². The van der Waals surface area contributed by atoms with Crippen molar-refractivity contribution in [2.45, 2.75) is 0 Å². The van der Waals surface area contributed by atoms with E-state index in [0.29, 0.717) is 17.8 Å². The zero-order valence-corrected chi connectivity index (χ0v) is 15.0. The van der Waals surface area contributed by atoms with Crippen LogP contribution >= 0.6 is 0 Å². The van der Waals surface area contributed by atoms with Gasteiger partial charge in [0.05, 0.1) is 19.2 Å². The number of esters is 1. The van der Waals surface area contributed by atoms with Crippen molar-refractivity contribution in [3.8, 4) is 0 Å². The zero-order valence-electron chi connectivity index (χ0n) is 15.0. The minimum absolute atomic E-state index is 0.0683. The van der Waals surface area contributed by atoms with Gasteiger partial charge in [-0.3, -0.25) is 9.69 Å². The summed E-state index contributed by atoms with van der Waals surface area (Å²) < 4.78 is 6.66. The molecule has 0 atom stereocenters. The lowest BCUT2D eigenvalue weighted by molar-refractivity contribution is -0.117. The number of carbonyl (C=O) groups excluding carboxylic acids is 2. The first-order valence-electron chi connectivity index (χ1n) is 8.49. The molecule has 138 valence electrons. The third kappa shape index (κ3) is 4.20. The number of anilines is 2. The van der Waals surface area contributed by atoms with Crippen LogP contribution in [-0.4, -0.2) is 66.2 Å². The van der Waals surface area contributed by atoms with E-state index in [-0.39, 0.29) is 5.91 Å². The minimum atomic E-state index is -0.395. The number of hydrogen-bond acceptors (Lipinski definition) is 6. The number of methoxy groups -OCH3 is 1. The summed E-state index contributed by atoms with van der Waals surface area (Å²) in [6.45, 7) is 3.63. The summed E-state index contributed by atoms with van der Waals surface area (Å²) in [6.07, 6.45) is 3.72. The van der Waals surface area contributed by atoms with Crippen LogP contribution in [0.5, 0.6) is 0 Å². The number of aromatic nitrogens is 2. The van der Waals surface area contributed by atoms with Crippen LogP contribution in [0.15, 0.2) is 36.7 Å². The number of benzene rings is 1. The van der Waals surface area contributed by atoms with E-state index in [4.69, 9.17) is 0 Å². The normalized spacial score (nSPS) is 14.9. The molecule has 3 rings (SSSR count). The van der Waals surface area contributed by atoms with Crippen molar-refractivity contribution in [3.63, 3.8) is 0 Å². The lowest BCUT2D eigenvalue weighted by atomic mass is 10.2. The molecule has 0 unspecified atom stereocenters. The van der Waals surface area contributed by atoms with Gasteiger partial charge in [-0.15, -0.1) is 0 Å². The molecule has 0 radical (unpaired) electrons. The van der Waals surface area contributed by atoms with Crippen LogP contribution in [0.4, 0.5) is 11.6 Å². The zero-order chi connectivity index (χ0) is 18.5. The number of amides is 1. The van der Waals surface area contributed by atoms with Crippen molar-refractivity contribution in [1.82, 2.24) is 14.5 Å². The average Bonchev–Trinajstić information content (AvgIpc) is 3.08. The molecule has 1 saturated heterocycles. The number of imidazole rings is 1. The summed E-state index contributed by atoms with van der Waals surface area (Å²) >= 11 is 0. The van der Waals surface area contributed by atoms with Crippen molar-refractivity contribution in [2.75, 3.05) is 50.1 Å². The largest absolute Gasteiger partial charge is 0.465 e. The quantitative estimate of drug-likeness (QED) is 0.803. The molecule has 0 bridgehead atoms. The lowest BCUT2D eigenvalue weighted by Crippen LogP contribution is -2.49. The molecule has 8 nitrogen and oxygen atoms in total. The molecular formula is C18H23N5O3. The summed E-state index contributed by atoms with van der Waals surface area (Å²) in [5, 5.41) is 2.86. The maximum atomic E-state index is 12.2. The first-order chi connectivity index (χ1) is 12.6. The molecule has 26 heavy (non-hydrogen) atoms. The first kappa shape index (κ1) is 17.9. The Morgan fingerprint density at radius 1 is 1.15 bits per heavy atom. The van der Waals surface area contributed by atoms with Gasteiger partial charge in [0, 0.05) is 51.3 Å². The molecule has 0 aliphatic carbocycles. The van der Waals surface area contributed by atoms with Crippen LogP contribution < -0.4 is 10.2 Å². The molecule has 1 N–H and O–H groups in total. The SMILES string of the molecule is COC(=O)c1ccc(NC(=O)CN2CCN(c3nccn3C)CC2)cc1. The van der Waals surface area contributed by atoms with Gasteiger partial charge in [0.1, 0.15) is 0 Å².